The third-order valence-electron chi connectivity index (χ3n) is 15.6. The van der Waals surface area contributed by atoms with E-state index in [-0.39, 0.29) is 45.5 Å². The van der Waals surface area contributed by atoms with Crippen molar-refractivity contribution in [2.24, 2.45) is 50.2 Å². The van der Waals surface area contributed by atoms with Crippen molar-refractivity contribution in [1.82, 2.24) is 0 Å². The summed E-state index contributed by atoms with van der Waals surface area (Å²) in [5.41, 5.74) is -0.247. The van der Waals surface area contributed by atoms with Crippen LogP contribution in [-0.4, -0.2) is 97.3 Å². The highest BCUT2D eigenvalue weighted by molar-refractivity contribution is 5.73. The molecule has 0 aromatic heterocycles. The minimum absolute atomic E-state index is 0.0173. The first-order valence-electron chi connectivity index (χ1n) is 17.5. The van der Waals surface area contributed by atoms with Crippen molar-refractivity contribution in [2.45, 2.75) is 149 Å². The molecule has 0 bridgehead atoms. The van der Waals surface area contributed by atoms with Crippen LogP contribution in [0.3, 0.4) is 0 Å². The molecule has 0 amide bonds. The molecule has 262 valence electrons. The monoisotopic (exact) mass is 650 g/mol. The number of hydrogen-bond donors (Lipinski definition) is 7. The van der Waals surface area contributed by atoms with Crippen molar-refractivity contribution >= 4 is 5.97 Å². The Bertz CT molecular complexity index is 1250. The van der Waals surface area contributed by atoms with E-state index in [4.69, 9.17) is 9.47 Å². The molecule has 10 nitrogen and oxygen atoms in total. The lowest BCUT2D eigenvalue weighted by molar-refractivity contribution is -0.327. The van der Waals surface area contributed by atoms with E-state index in [0.29, 0.717) is 12.3 Å². The van der Waals surface area contributed by atoms with E-state index in [2.05, 4.69) is 47.6 Å². The van der Waals surface area contributed by atoms with Crippen LogP contribution in [0.25, 0.3) is 0 Å². The number of carboxylic acids is 1. The second kappa shape index (κ2) is 10.9. The first-order chi connectivity index (χ1) is 21.2. The number of fused-ring (bicyclic) bond motifs is 7. The Morgan fingerprint density at radius 2 is 1.52 bits per heavy atom. The molecular weight excluding hydrogens is 592 g/mol. The van der Waals surface area contributed by atoms with Crippen LogP contribution in [0.5, 0.6) is 0 Å². The summed E-state index contributed by atoms with van der Waals surface area (Å²) < 4.78 is 11.8. The Morgan fingerprint density at radius 1 is 0.848 bits per heavy atom. The van der Waals surface area contributed by atoms with Crippen LogP contribution in [0.2, 0.25) is 0 Å². The summed E-state index contributed by atoms with van der Waals surface area (Å²) >= 11 is 0. The molecule has 1 heterocycles. The van der Waals surface area contributed by atoms with Crippen LogP contribution in [-0.2, 0) is 14.3 Å². The summed E-state index contributed by atoms with van der Waals surface area (Å²) in [5, 5.41) is 74.4. The molecule has 6 aliphatic rings. The number of aliphatic carboxylic acids is 1. The van der Waals surface area contributed by atoms with Gasteiger partial charge in [-0.25, -0.2) is 4.79 Å². The predicted octanol–water partition coefficient (Wildman–Crippen LogP) is 3.00. The number of carbonyl (C=O) groups is 1. The van der Waals surface area contributed by atoms with Crippen molar-refractivity contribution in [3.63, 3.8) is 0 Å². The summed E-state index contributed by atoms with van der Waals surface area (Å²) in [7, 11) is 0. The Hall–Kier alpha value is -1.11. The van der Waals surface area contributed by atoms with Gasteiger partial charge in [-0.3, -0.25) is 0 Å². The maximum absolute atomic E-state index is 11.7. The first kappa shape index (κ1) is 34.7. The molecule has 6 rings (SSSR count). The third-order valence-corrected chi connectivity index (χ3v) is 15.6. The number of ether oxygens (including phenoxy) is 2. The van der Waals surface area contributed by atoms with Crippen molar-refractivity contribution in [3.8, 4) is 0 Å². The van der Waals surface area contributed by atoms with Crippen LogP contribution in [0, 0.1) is 50.2 Å². The lowest BCUT2D eigenvalue weighted by Crippen LogP contribution is -2.68. The van der Waals surface area contributed by atoms with Crippen LogP contribution in [0.4, 0.5) is 0 Å². The van der Waals surface area contributed by atoms with E-state index in [9.17, 15) is 40.5 Å². The number of rotatable bonds is 4. The van der Waals surface area contributed by atoms with Gasteiger partial charge in [0.1, 0.15) is 18.3 Å². The Labute approximate surface area is 273 Å². The molecule has 0 radical (unpaired) electrons. The predicted molar refractivity (Wildman–Crippen MR) is 168 cm³/mol. The first-order valence-corrected chi connectivity index (χ1v) is 17.5. The summed E-state index contributed by atoms with van der Waals surface area (Å²) in [5.74, 6) is -0.851. The number of allylic oxidation sites excluding steroid dienone is 2. The van der Waals surface area contributed by atoms with Gasteiger partial charge in [0.2, 0.25) is 0 Å². The summed E-state index contributed by atoms with van der Waals surface area (Å²) in [6, 6.07) is 0. The fourth-order valence-corrected chi connectivity index (χ4v) is 12.2. The molecule has 0 aromatic rings. The molecule has 16 atom stereocenters. The van der Waals surface area contributed by atoms with E-state index < -0.39 is 60.4 Å². The molecule has 10 heteroatoms. The largest absolute Gasteiger partial charge is 0.479 e. The molecule has 0 spiro atoms. The maximum Gasteiger partial charge on any atom is 0.335 e. The zero-order valence-corrected chi connectivity index (χ0v) is 28.6. The van der Waals surface area contributed by atoms with E-state index >= 15 is 0 Å². The highest BCUT2D eigenvalue weighted by Gasteiger charge is 2.70. The normalized spacial score (nSPS) is 56.5. The van der Waals surface area contributed by atoms with Gasteiger partial charge in [0, 0.05) is 10.8 Å². The van der Waals surface area contributed by atoms with Crippen LogP contribution in [0.1, 0.15) is 99.8 Å². The van der Waals surface area contributed by atoms with Gasteiger partial charge >= 0.3 is 5.97 Å². The highest BCUT2D eigenvalue weighted by Crippen LogP contribution is 2.75. The molecular formula is C36H58O10. The second-order valence-electron chi connectivity index (χ2n) is 18.0. The lowest BCUT2D eigenvalue weighted by atomic mass is 9.33. The number of aliphatic hydroxyl groups excluding tert-OH is 6. The smallest absolute Gasteiger partial charge is 0.335 e. The summed E-state index contributed by atoms with van der Waals surface area (Å²) in [4.78, 5) is 11.7. The number of aliphatic hydroxyl groups is 6. The van der Waals surface area contributed by atoms with Crippen LogP contribution in [0.15, 0.2) is 11.6 Å². The summed E-state index contributed by atoms with van der Waals surface area (Å²) in [6.45, 7) is 15.5. The molecule has 1 saturated heterocycles. The molecule has 0 unspecified atom stereocenters. The third kappa shape index (κ3) is 4.46. The van der Waals surface area contributed by atoms with Crippen molar-refractivity contribution in [1.29, 1.82) is 0 Å². The Kier molecular flexibility index (Phi) is 8.27. The molecule has 0 aromatic carbocycles. The lowest BCUT2D eigenvalue weighted by Gasteiger charge is -2.72. The minimum atomic E-state index is -1.79. The Morgan fingerprint density at radius 3 is 2.15 bits per heavy atom. The van der Waals surface area contributed by atoms with Crippen LogP contribution >= 0.6 is 0 Å². The SMILES string of the molecule is CC1(C)C[C@H]2C3=CC[C@@H]4[C@@]5(C)CC[C@H](O[C@@H]6O[C@H](C(=O)O)[C@@H](O)[C@H](O)[C@H]6O)[C@](C)(CO)[C@@H]5CC[C@@]4(C)[C@]3(C)CC[C@@]2(C)[C@H](O)[C@@H]1O. The van der Waals surface area contributed by atoms with Gasteiger partial charge in [-0.05, 0) is 90.8 Å². The van der Waals surface area contributed by atoms with E-state index in [0.717, 1.165) is 44.9 Å². The van der Waals surface area contributed by atoms with Gasteiger partial charge in [-0.1, -0.05) is 60.1 Å². The van der Waals surface area contributed by atoms with Crippen LogP contribution < -0.4 is 0 Å². The molecule has 5 fully saturated rings. The average molecular weight is 651 g/mol. The zero-order valence-electron chi connectivity index (χ0n) is 28.6. The minimum Gasteiger partial charge on any atom is -0.479 e. The van der Waals surface area contributed by atoms with E-state index in [1.165, 1.54) is 5.57 Å². The topological polar surface area (TPSA) is 177 Å². The molecule has 46 heavy (non-hydrogen) atoms. The average Bonchev–Trinajstić information content (AvgIpc) is 2.99. The van der Waals surface area contributed by atoms with E-state index in [1.807, 2.05) is 6.92 Å². The van der Waals surface area contributed by atoms with Crippen molar-refractivity contribution in [2.75, 3.05) is 6.61 Å². The van der Waals surface area contributed by atoms with Gasteiger partial charge in [-0.2, -0.15) is 0 Å². The van der Waals surface area contributed by atoms with Gasteiger partial charge in [0.25, 0.3) is 0 Å². The molecule has 4 saturated carbocycles. The van der Waals surface area contributed by atoms with Gasteiger partial charge in [0.15, 0.2) is 12.4 Å². The zero-order chi connectivity index (χ0) is 34.0. The van der Waals surface area contributed by atoms with Crippen molar-refractivity contribution < 1.29 is 50.0 Å². The standard InChI is InChI=1S/C36H58O10/c1-31(2)16-19-18-8-9-21-33(4)12-11-22(45-30-25(40)23(38)24(39)26(46-30)29(43)44)34(5,17-37)20(33)10-13-36(21,7)35(18,6)15-14-32(19,3)28(42)27(31)41/h8,19-28,30,37-42H,9-17H2,1-7H3,(H,43,44)/t19-,20+,21+,22-,23-,24-,25+,26-,27-,28+,30+,32+,33-,34+,35+,36+/m0/s1. The Balaban J connectivity index is 1.30. The van der Waals surface area contributed by atoms with Gasteiger partial charge in [0.05, 0.1) is 24.9 Å². The fraction of sp³-hybridized carbons (Fsp3) is 0.917. The van der Waals surface area contributed by atoms with Crippen molar-refractivity contribution in [3.05, 3.63) is 11.6 Å². The molecule has 5 aliphatic carbocycles. The van der Waals surface area contributed by atoms with Gasteiger partial charge < -0.3 is 45.2 Å². The fourth-order valence-electron chi connectivity index (χ4n) is 12.2. The second-order valence-corrected chi connectivity index (χ2v) is 18.0. The van der Waals surface area contributed by atoms with E-state index in [1.54, 1.807) is 0 Å². The number of hydrogen-bond acceptors (Lipinski definition) is 9. The van der Waals surface area contributed by atoms with Gasteiger partial charge in [-0.15, -0.1) is 0 Å². The number of carboxylic acid groups (broad SMARTS) is 1. The highest BCUT2D eigenvalue weighted by atomic mass is 16.7. The molecule has 1 aliphatic heterocycles. The quantitative estimate of drug-likeness (QED) is 0.177. The molecule has 7 N–H and O–H groups in total. The maximum atomic E-state index is 11.7. The summed E-state index contributed by atoms with van der Waals surface area (Å²) in [6.07, 6.45) is -1.24.